The van der Waals surface area contributed by atoms with Gasteiger partial charge in [-0.2, -0.15) is 0 Å². The molecule has 20 heavy (non-hydrogen) atoms. The molecule has 0 spiro atoms. The molecule has 3 nitrogen and oxygen atoms in total. The van der Waals surface area contributed by atoms with Gasteiger partial charge in [0.25, 0.3) is 0 Å². The van der Waals surface area contributed by atoms with E-state index >= 15 is 0 Å². The average molecular weight is 291 g/mol. The molecule has 0 heterocycles. The highest BCUT2D eigenvalue weighted by atomic mass is 32.2. The first-order chi connectivity index (χ1) is 9.56. The highest BCUT2D eigenvalue weighted by molar-refractivity contribution is 7.98. The first kappa shape index (κ1) is 14.4. The molecule has 0 saturated heterocycles. The number of rotatable bonds is 5. The van der Waals surface area contributed by atoms with E-state index in [2.05, 4.69) is 0 Å². The summed E-state index contributed by atoms with van der Waals surface area (Å²) in [7, 11) is 0. The lowest BCUT2D eigenvalue weighted by Crippen LogP contribution is -2.03. The van der Waals surface area contributed by atoms with Crippen molar-refractivity contribution in [3.05, 3.63) is 59.4 Å². The lowest BCUT2D eigenvalue weighted by Gasteiger charge is -2.08. The molecule has 2 rings (SSSR count). The SMILES string of the molecule is Nc1ccc(SCc2ccccc2CC(=O)O)c(F)c1. The third-order valence-corrected chi connectivity index (χ3v) is 3.90. The number of nitrogens with two attached hydrogens (primary N) is 1. The maximum Gasteiger partial charge on any atom is 0.307 e. The van der Waals surface area contributed by atoms with Crippen molar-refractivity contribution in [3.63, 3.8) is 0 Å². The van der Waals surface area contributed by atoms with Gasteiger partial charge in [-0.05, 0) is 29.3 Å². The smallest absolute Gasteiger partial charge is 0.307 e. The largest absolute Gasteiger partial charge is 0.481 e. The molecule has 0 aliphatic rings. The van der Waals surface area contributed by atoms with Gasteiger partial charge in [0.1, 0.15) is 5.82 Å². The third kappa shape index (κ3) is 3.74. The molecule has 5 heteroatoms. The molecule has 0 bridgehead atoms. The van der Waals surface area contributed by atoms with E-state index in [0.29, 0.717) is 16.3 Å². The van der Waals surface area contributed by atoms with Crippen LogP contribution in [-0.4, -0.2) is 11.1 Å². The fraction of sp³-hybridized carbons (Fsp3) is 0.133. The predicted octanol–water partition coefficient (Wildman–Crippen LogP) is 3.33. The van der Waals surface area contributed by atoms with E-state index in [1.165, 1.54) is 17.8 Å². The van der Waals surface area contributed by atoms with Crippen LogP contribution in [0.3, 0.4) is 0 Å². The average Bonchev–Trinajstić information content (AvgIpc) is 2.39. The summed E-state index contributed by atoms with van der Waals surface area (Å²) < 4.78 is 13.7. The molecule has 0 fully saturated rings. The highest BCUT2D eigenvalue weighted by Gasteiger charge is 2.08. The number of anilines is 1. The van der Waals surface area contributed by atoms with Gasteiger partial charge >= 0.3 is 5.97 Å². The van der Waals surface area contributed by atoms with Crippen molar-refractivity contribution in [2.75, 3.05) is 5.73 Å². The molecule has 0 atom stereocenters. The van der Waals surface area contributed by atoms with E-state index in [-0.39, 0.29) is 12.2 Å². The van der Waals surface area contributed by atoms with Gasteiger partial charge in [0.2, 0.25) is 0 Å². The van der Waals surface area contributed by atoms with Crippen LogP contribution in [0.1, 0.15) is 11.1 Å². The van der Waals surface area contributed by atoms with Gasteiger partial charge in [0, 0.05) is 16.3 Å². The molecule has 104 valence electrons. The quantitative estimate of drug-likeness (QED) is 0.655. The molecule has 2 aromatic rings. The van der Waals surface area contributed by atoms with Crippen molar-refractivity contribution in [2.24, 2.45) is 0 Å². The maximum atomic E-state index is 13.7. The van der Waals surface area contributed by atoms with E-state index in [1.807, 2.05) is 12.1 Å². The van der Waals surface area contributed by atoms with Crippen molar-refractivity contribution in [1.82, 2.24) is 0 Å². The van der Waals surface area contributed by atoms with Gasteiger partial charge < -0.3 is 10.8 Å². The number of halogens is 1. The van der Waals surface area contributed by atoms with Crippen molar-refractivity contribution in [1.29, 1.82) is 0 Å². The summed E-state index contributed by atoms with van der Waals surface area (Å²) in [6.45, 7) is 0. The Kier molecular flexibility index (Phi) is 4.63. The molecule has 3 N–H and O–H groups in total. The first-order valence-corrected chi connectivity index (χ1v) is 7.01. The molecule has 2 aromatic carbocycles. The Bertz CT molecular complexity index is 631. The summed E-state index contributed by atoms with van der Waals surface area (Å²) >= 11 is 1.33. The monoisotopic (exact) mass is 291 g/mol. The number of carboxylic acid groups (broad SMARTS) is 1. The van der Waals surface area contributed by atoms with Crippen molar-refractivity contribution in [3.8, 4) is 0 Å². The molecule has 0 unspecified atom stereocenters. The van der Waals surface area contributed by atoms with E-state index in [4.69, 9.17) is 10.8 Å². The Labute approximate surface area is 120 Å². The zero-order valence-electron chi connectivity index (χ0n) is 10.7. The summed E-state index contributed by atoms with van der Waals surface area (Å²) in [5.74, 6) is -0.712. The number of thioether (sulfide) groups is 1. The summed E-state index contributed by atoms with van der Waals surface area (Å²) in [4.78, 5) is 11.3. The van der Waals surface area contributed by atoms with E-state index in [1.54, 1.807) is 24.3 Å². The van der Waals surface area contributed by atoms with Crippen LogP contribution >= 0.6 is 11.8 Å². The maximum absolute atomic E-state index is 13.7. The van der Waals surface area contributed by atoms with Gasteiger partial charge in [-0.15, -0.1) is 11.8 Å². The van der Waals surface area contributed by atoms with Gasteiger partial charge in [-0.25, -0.2) is 4.39 Å². The Hall–Kier alpha value is -2.01. The van der Waals surface area contributed by atoms with Crippen molar-refractivity contribution >= 4 is 23.4 Å². The second-order valence-electron chi connectivity index (χ2n) is 4.32. The van der Waals surface area contributed by atoms with E-state index in [9.17, 15) is 9.18 Å². The van der Waals surface area contributed by atoms with Crippen molar-refractivity contribution < 1.29 is 14.3 Å². The van der Waals surface area contributed by atoms with Crippen LogP contribution < -0.4 is 5.73 Å². The third-order valence-electron chi connectivity index (χ3n) is 2.80. The van der Waals surface area contributed by atoms with Gasteiger partial charge in [-0.3, -0.25) is 4.79 Å². The second kappa shape index (κ2) is 6.43. The van der Waals surface area contributed by atoms with Crippen molar-refractivity contribution in [2.45, 2.75) is 17.1 Å². The zero-order chi connectivity index (χ0) is 14.5. The number of carboxylic acids is 1. The van der Waals surface area contributed by atoms with Crippen LogP contribution in [0.5, 0.6) is 0 Å². The molecule has 0 radical (unpaired) electrons. The number of hydrogen-bond donors (Lipinski definition) is 2. The Morgan fingerprint density at radius 2 is 1.90 bits per heavy atom. The fourth-order valence-corrected chi connectivity index (χ4v) is 2.78. The highest BCUT2D eigenvalue weighted by Crippen LogP contribution is 2.28. The summed E-state index contributed by atoms with van der Waals surface area (Å²) in [6, 6.07) is 11.9. The van der Waals surface area contributed by atoms with Crippen LogP contribution in [-0.2, 0) is 17.0 Å². The fourth-order valence-electron chi connectivity index (χ4n) is 1.82. The standard InChI is InChI=1S/C15H14FNO2S/c16-13-8-12(17)5-6-14(13)20-9-11-4-2-1-3-10(11)7-15(18)19/h1-6,8H,7,9,17H2,(H,18,19). The Morgan fingerprint density at radius 1 is 1.20 bits per heavy atom. The van der Waals surface area contributed by atoms with E-state index < -0.39 is 5.97 Å². The number of hydrogen-bond acceptors (Lipinski definition) is 3. The summed E-state index contributed by atoms with van der Waals surface area (Å²) in [5, 5.41) is 8.87. The number of benzene rings is 2. The van der Waals surface area contributed by atoms with Crippen LogP contribution in [0, 0.1) is 5.82 Å². The molecular weight excluding hydrogens is 277 g/mol. The molecule has 0 aliphatic heterocycles. The number of carbonyl (C=O) groups is 1. The van der Waals surface area contributed by atoms with Gasteiger partial charge in [0.05, 0.1) is 6.42 Å². The van der Waals surface area contributed by atoms with Crippen LogP contribution in [0.4, 0.5) is 10.1 Å². The summed E-state index contributed by atoms with van der Waals surface area (Å²) in [5.41, 5.74) is 7.54. The lowest BCUT2D eigenvalue weighted by atomic mass is 10.1. The molecule has 0 amide bonds. The molecule has 0 saturated carbocycles. The normalized spacial score (nSPS) is 10.4. The summed E-state index contributed by atoms with van der Waals surface area (Å²) in [6.07, 6.45) is -0.0268. The van der Waals surface area contributed by atoms with E-state index in [0.717, 1.165) is 11.1 Å². The minimum absolute atomic E-state index is 0.0268. The second-order valence-corrected chi connectivity index (χ2v) is 5.33. The minimum Gasteiger partial charge on any atom is -0.481 e. The Balaban J connectivity index is 2.12. The zero-order valence-corrected chi connectivity index (χ0v) is 11.5. The number of nitrogen functional groups attached to an aromatic ring is 1. The topological polar surface area (TPSA) is 63.3 Å². The van der Waals surface area contributed by atoms with Crippen LogP contribution in [0.2, 0.25) is 0 Å². The van der Waals surface area contributed by atoms with Crippen LogP contribution in [0.15, 0.2) is 47.4 Å². The Morgan fingerprint density at radius 3 is 2.55 bits per heavy atom. The predicted molar refractivity (Wildman–Crippen MR) is 78.2 cm³/mol. The van der Waals surface area contributed by atoms with Gasteiger partial charge in [0.15, 0.2) is 0 Å². The van der Waals surface area contributed by atoms with Crippen LogP contribution in [0.25, 0.3) is 0 Å². The van der Waals surface area contributed by atoms with Gasteiger partial charge in [-0.1, -0.05) is 24.3 Å². The minimum atomic E-state index is -0.874. The molecular formula is C15H14FNO2S. The molecule has 0 aliphatic carbocycles. The first-order valence-electron chi connectivity index (χ1n) is 6.02. The molecule has 0 aromatic heterocycles. The lowest BCUT2D eigenvalue weighted by molar-refractivity contribution is -0.136. The number of aliphatic carboxylic acids is 1.